The molecule has 1 aliphatic heterocycles. The third kappa shape index (κ3) is 1.47. The lowest BCUT2D eigenvalue weighted by Crippen LogP contribution is -2.59. The molecule has 5 heteroatoms. The molecule has 1 N–H and O–H groups in total. The van der Waals surface area contributed by atoms with E-state index in [2.05, 4.69) is 15.3 Å². The van der Waals surface area contributed by atoms with Gasteiger partial charge in [0.25, 0.3) is 5.88 Å². The Morgan fingerprint density at radius 3 is 2.87 bits per heavy atom. The minimum absolute atomic E-state index is 0.0894. The van der Waals surface area contributed by atoms with Crippen LogP contribution >= 0.6 is 0 Å². The second-order valence-corrected chi connectivity index (χ2v) is 4.17. The maximum Gasteiger partial charge on any atom is 0.253 e. The lowest BCUT2D eigenvalue weighted by molar-refractivity contribution is -0.0491. The third-order valence-corrected chi connectivity index (χ3v) is 3.23. The second-order valence-electron chi connectivity index (χ2n) is 4.17. The molecule has 0 radical (unpaired) electrons. The van der Waals surface area contributed by atoms with Crippen LogP contribution in [-0.4, -0.2) is 29.2 Å². The number of fused-ring (bicyclic) bond motifs is 2. The highest BCUT2D eigenvalue weighted by Crippen LogP contribution is 2.39. The maximum atomic E-state index is 13.2. The van der Waals surface area contributed by atoms with E-state index in [-0.39, 0.29) is 12.0 Å². The summed E-state index contributed by atoms with van der Waals surface area (Å²) in [5.74, 6) is 0.637. The van der Waals surface area contributed by atoms with Crippen molar-refractivity contribution in [3.05, 3.63) is 18.3 Å². The normalized spacial score (nSPS) is 33.3. The van der Waals surface area contributed by atoms with E-state index in [1.54, 1.807) is 0 Å². The molecule has 4 nitrogen and oxygen atoms in total. The minimum Gasteiger partial charge on any atom is -0.472 e. The van der Waals surface area contributed by atoms with Gasteiger partial charge in [-0.3, -0.25) is 0 Å². The highest BCUT2D eigenvalue weighted by molar-refractivity contribution is 5.11. The fourth-order valence-electron chi connectivity index (χ4n) is 2.41. The van der Waals surface area contributed by atoms with Gasteiger partial charge in [0.1, 0.15) is 12.4 Å². The molecular weight excluding hydrogens is 197 g/mol. The van der Waals surface area contributed by atoms with Crippen molar-refractivity contribution in [1.82, 2.24) is 15.3 Å². The molecule has 0 amide bonds. The molecule has 2 fully saturated rings. The molecule has 2 bridgehead atoms. The molecule has 2 heterocycles. The number of aromatic nitrogens is 2. The Labute approximate surface area is 86.9 Å². The second kappa shape index (κ2) is 3.41. The molecule has 80 valence electrons. The molecule has 1 aromatic heterocycles. The van der Waals surface area contributed by atoms with Gasteiger partial charge < -0.3 is 10.1 Å². The highest BCUT2D eigenvalue weighted by Gasteiger charge is 2.45. The van der Waals surface area contributed by atoms with Crippen molar-refractivity contribution in [1.29, 1.82) is 0 Å². The average molecular weight is 209 g/mol. The fraction of sp³-hybridized carbons (Fsp3) is 0.600. The van der Waals surface area contributed by atoms with E-state index >= 15 is 0 Å². The van der Waals surface area contributed by atoms with Crippen LogP contribution in [0.4, 0.5) is 4.39 Å². The first-order valence-electron chi connectivity index (χ1n) is 5.17. The predicted octanol–water partition coefficient (Wildman–Crippen LogP) is 0.602. The summed E-state index contributed by atoms with van der Waals surface area (Å²) in [6.07, 6.45) is 3.76. The van der Waals surface area contributed by atoms with Crippen molar-refractivity contribution < 1.29 is 9.13 Å². The Morgan fingerprint density at radius 2 is 2.20 bits per heavy atom. The lowest BCUT2D eigenvalue weighted by Gasteiger charge is -2.48. The molecule has 1 saturated carbocycles. The zero-order valence-electron chi connectivity index (χ0n) is 8.19. The Kier molecular flexibility index (Phi) is 2.05. The van der Waals surface area contributed by atoms with Gasteiger partial charge in [-0.05, 0) is 6.42 Å². The summed E-state index contributed by atoms with van der Waals surface area (Å²) in [7, 11) is 0. The highest BCUT2D eigenvalue weighted by atomic mass is 19.1. The molecule has 0 spiro atoms. The predicted molar refractivity (Wildman–Crippen MR) is 50.9 cm³/mol. The lowest BCUT2D eigenvalue weighted by atomic mass is 9.69. The van der Waals surface area contributed by atoms with Crippen molar-refractivity contribution in [2.45, 2.75) is 12.5 Å². The van der Waals surface area contributed by atoms with E-state index in [0.717, 1.165) is 19.3 Å². The number of halogens is 1. The molecule has 2 aliphatic rings. The largest absolute Gasteiger partial charge is 0.472 e. The van der Waals surface area contributed by atoms with E-state index in [1.807, 2.05) is 0 Å². The van der Waals surface area contributed by atoms with Crippen LogP contribution in [0.3, 0.4) is 0 Å². The smallest absolute Gasteiger partial charge is 0.253 e. The van der Waals surface area contributed by atoms with Gasteiger partial charge in [0, 0.05) is 24.9 Å². The van der Waals surface area contributed by atoms with Crippen LogP contribution in [0.25, 0.3) is 0 Å². The first-order chi connectivity index (χ1) is 7.34. The van der Waals surface area contributed by atoms with Crippen LogP contribution < -0.4 is 10.1 Å². The zero-order chi connectivity index (χ0) is 10.3. The quantitative estimate of drug-likeness (QED) is 0.775. The number of hydrogen-bond acceptors (Lipinski definition) is 4. The number of piperidine rings is 2. The molecule has 1 aromatic rings. The van der Waals surface area contributed by atoms with Gasteiger partial charge >= 0.3 is 0 Å². The van der Waals surface area contributed by atoms with Crippen LogP contribution in [0.2, 0.25) is 0 Å². The Hall–Kier alpha value is -1.23. The van der Waals surface area contributed by atoms with Gasteiger partial charge in [0.05, 0.1) is 6.20 Å². The molecule has 3 atom stereocenters. The van der Waals surface area contributed by atoms with Gasteiger partial charge in [-0.25, -0.2) is 4.98 Å². The number of nitrogens with zero attached hydrogens (tertiary/aromatic N) is 2. The molecule has 1 saturated heterocycles. The van der Waals surface area contributed by atoms with E-state index in [9.17, 15) is 4.39 Å². The van der Waals surface area contributed by atoms with Crippen LogP contribution in [0.5, 0.6) is 5.88 Å². The first-order valence-corrected chi connectivity index (χ1v) is 5.17. The fourth-order valence-corrected chi connectivity index (χ4v) is 2.41. The Bertz CT molecular complexity index is 359. The van der Waals surface area contributed by atoms with Gasteiger partial charge in [-0.2, -0.15) is 9.37 Å². The molecule has 1 unspecified atom stereocenters. The molecular formula is C10H12FN3O. The average Bonchev–Trinajstić information content (AvgIpc) is 2.29. The van der Waals surface area contributed by atoms with Gasteiger partial charge in [-0.1, -0.05) is 0 Å². The van der Waals surface area contributed by atoms with E-state index in [1.165, 1.54) is 12.7 Å². The van der Waals surface area contributed by atoms with E-state index < -0.39 is 5.82 Å². The third-order valence-electron chi connectivity index (χ3n) is 3.23. The van der Waals surface area contributed by atoms with Crippen LogP contribution in [0.1, 0.15) is 6.42 Å². The summed E-state index contributed by atoms with van der Waals surface area (Å²) >= 11 is 0. The van der Waals surface area contributed by atoms with E-state index in [0.29, 0.717) is 11.8 Å². The number of rotatable bonds is 2. The summed E-state index contributed by atoms with van der Waals surface area (Å²) in [6, 6.07) is 0. The van der Waals surface area contributed by atoms with Crippen molar-refractivity contribution in [2.75, 3.05) is 13.1 Å². The topological polar surface area (TPSA) is 47.0 Å². The van der Waals surface area contributed by atoms with Crippen molar-refractivity contribution >= 4 is 0 Å². The maximum absolute atomic E-state index is 13.2. The van der Waals surface area contributed by atoms with Crippen molar-refractivity contribution in [3.8, 4) is 5.88 Å². The standard InChI is InChI=1S/C10H12FN3O/c11-8-4-13-5-14-10(8)15-9-6-1-7(9)3-12-2-6/h4-7,9,12H,1-3H2/t6-,7+,9?. The van der Waals surface area contributed by atoms with Gasteiger partial charge in [-0.15, -0.1) is 0 Å². The Balaban J connectivity index is 1.73. The molecule has 3 rings (SSSR count). The van der Waals surface area contributed by atoms with Crippen molar-refractivity contribution in [2.24, 2.45) is 11.8 Å². The van der Waals surface area contributed by atoms with Crippen LogP contribution in [0.15, 0.2) is 12.5 Å². The van der Waals surface area contributed by atoms with E-state index in [4.69, 9.17) is 4.74 Å². The number of ether oxygens (including phenoxy) is 1. The molecule has 15 heavy (non-hydrogen) atoms. The Morgan fingerprint density at radius 1 is 1.40 bits per heavy atom. The SMILES string of the molecule is Fc1cncnc1OC1[C@@H]2CNC[C@H]1C2. The summed E-state index contributed by atoms with van der Waals surface area (Å²) in [6.45, 7) is 1.93. The zero-order valence-corrected chi connectivity index (χ0v) is 8.19. The number of hydrogen-bond donors (Lipinski definition) is 1. The van der Waals surface area contributed by atoms with Crippen LogP contribution in [-0.2, 0) is 0 Å². The molecule has 1 aliphatic carbocycles. The summed E-state index contributed by atoms with van der Waals surface area (Å²) in [4.78, 5) is 7.39. The minimum atomic E-state index is -0.476. The monoisotopic (exact) mass is 209 g/mol. The summed E-state index contributed by atoms with van der Waals surface area (Å²) in [5, 5.41) is 3.31. The number of nitrogens with one attached hydrogen (secondary N) is 1. The van der Waals surface area contributed by atoms with Crippen molar-refractivity contribution in [3.63, 3.8) is 0 Å². The summed E-state index contributed by atoms with van der Waals surface area (Å²) < 4.78 is 18.8. The first kappa shape index (κ1) is 9.03. The van der Waals surface area contributed by atoms with Gasteiger partial charge in [0.15, 0.2) is 0 Å². The van der Waals surface area contributed by atoms with Gasteiger partial charge in [0.2, 0.25) is 5.82 Å². The molecule has 0 aromatic carbocycles. The summed E-state index contributed by atoms with van der Waals surface area (Å²) in [5.41, 5.74) is 0. The van der Waals surface area contributed by atoms with Crippen LogP contribution in [0, 0.1) is 17.7 Å².